The number of hydrogen-bond acceptors (Lipinski definition) is 4. The minimum absolute atomic E-state index is 0. The molecule has 26 heavy (non-hydrogen) atoms. The number of para-hydroxylation sites is 1. The Labute approximate surface area is 160 Å². The Kier molecular flexibility index (Phi) is 7.94. The van der Waals surface area contributed by atoms with E-state index in [1.54, 1.807) is 4.90 Å². The van der Waals surface area contributed by atoms with Crippen molar-refractivity contribution in [2.24, 2.45) is 0 Å². The molecule has 1 saturated heterocycles. The Morgan fingerprint density at radius 2 is 2.15 bits per heavy atom. The number of amides is 1. The van der Waals surface area contributed by atoms with E-state index in [2.05, 4.69) is 10.4 Å². The van der Waals surface area contributed by atoms with Gasteiger partial charge in [0.15, 0.2) is 0 Å². The molecule has 2 heterocycles. The van der Waals surface area contributed by atoms with Crippen molar-refractivity contribution in [2.75, 3.05) is 33.3 Å². The van der Waals surface area contributed by atoms with Crippen molar-refractivity contribution in [1.29, 1.82) is 0 Å². The highest BCUT2D eigenvalue weighted by atomic mass is 35.5. The van der Waals surface area contributed by atoms with Gasteiger partial charge in [0.1, 0.15) is 11.4 Å². The van der Waals surface area contributed by atoms with Crippen LogP contribution in [0.3, 0.4) is 0 Å². The number of rotatable bonds is 7. The summed E-state index contributed by atoms with van der Waals surface area (Å²) < 4.78 is 7.58. The van der Waals surface area contributed by atoms with E-state index in [4.69, 9.17) is 4.74 Å². The number of hydrogen-bond donors (Lipinski definition) is 1. The first-order valence-electron chi connectivity index (χ1n) is 8.93. The summed E-state index contributed by atoms with van der Waals surface area (Å²) >= 11 is 0. The standard InChI is InChI=1S/C19H26N4O2.ClH/c1-22(12-6-14-25-17-8-3-2-4-9-17)19(24)18-10-13-23(21-18)16-7-5-11-20-15-16;/h2-4,8-10,13,16,20H,5-7,11-12,14-15H2,1H3;1H. The van der Waals surface area contributed by atoms with Crippen molar-refractivity contribution in [1.82, 2.24) is 20.0 Å². The monoisotopic (exact) mass is 378 g/mol. The summed E-state index contributed by atoms with van der Waals surface area (Å²) in [7, 11) is 1.81. The summed E-state index contributed by atoms with van der Waals surface area (Å²) in [5.41, 5.74) is 0.511. The molecule has 3 rings (SSSR count). The van der Waals surface area contributed by atoms with Gasteiger partial charge in [0.2, 0.25) is 0 Å². The van der Waals surface area contributed by atoms with E-state index < -0.39 is 0 Å². The fraction of sp³-hybridized carbons (Fsp3) is 0.474. The quantitative estimate of drug-likeness (QED) is 0.752. The summed E-state index contributed by atoms with van der Waals surface area (Å²) in [5.74, 6) is 0.818. The number of piperidine rings is 1. The normalized spacial score (nSPS) is 16.6. The van der Waals surface area contributed by atoms with Gasteiger partial charge in [0, 0.05) is 26.3 Å². The van der Waals surface area contributed by atoms with E-state index in [0.29, 0.717) is 24.9 Å². The maximum atomic E-state index is 12.5. The molecular formula is C19H27ClN4O2. The summed E-state index contributed by atoms with van der Waals surface area (Å²) in [6.07, 6.45) is 4.95. The van der Waals surface area contributed by atoms with Gasteiger partial charge in [-0.1, -0.05) is 18.2 Å². The van der Waals surface area contributed by atoms with Crippen molar-refractivity contribution in [3.8, 4) is 5.75 Å². The Hall–Kier alpha value is -2.05. The first-order chi connectivity index (χ1) is 12.2. The second-order valence-corrected chi connectivity index (χ2v) is 6.42. The van der Waals surface area contributed by atoms with Gasteiger partial charge in [-0.25, -0.2) is 0 Å². The van der Waals surface area contributed by atoms with Crippen molar-refractivity contribution in [3.05, 3.63) is 48.3 Å². The maximum absolute atomic E-state index is 12.5. The van der Waals surface area contributed by atoms with Crippen molar-refractivity contribution >= 4 is 18.3 Å². The predicted octanol–water partition coefficient (Wildman–Crippen LogP) is 2.77. The van der Waals surface area contributed by atoms with Gasteiger partial charge in [-0.3, -0.25) is 9.48 Å². The van der Waals surface area contributed by atoms with E-state index in [1.807, 2.05) is 54.3 Å². The lowest BCUT2D eigenvalue weighted by atomic mass is 10.1. The molecule has 2 aromatic rings. The first-order valence-corrected chi connectivity index (χ1v) is 8.93. The SMILES string of the molecule is CN(CCCOc1ccccc1)C(=O)c1ccn(C2CCCNC2)n1.Cl. The van der Waals surface area contributed by atoms with Crippen LogP contribution in [-0.4, -0.2) is 53.9 Å². The predicted molar refractivity (Wildman–Crippen MR) is 104 cm³/mol. The third-order valence-corrected chi connectivity index (χ3v) is 4.47. The zero-order valence-corrected chi connectivity index (χ0v) is 16.0. The fourth-order valence-corrected chi connectivity index (χ4v) is 3.02. The van der Waals surface area contributed by atoms with Crippen LogP contribution >= 0.6 is 12.4 Å². The second kappa shape index (κ2) is 10.2. The molecule has 0 bridgehead atoms. The number of nitrogens with one attached hydrogen (secondary N) is 1. The summed E-state index contributed by atoms with van der Waals surface area (Å²) in [6, 6.07) is 11.9. The van der Waals surface area contributed by atoms with Gasteiger partial charge < -0.3 is 15.0 Å². The molecule has 1 aromatic heterocycles. The summed E-state index contributed by atoms with van der Waals surface area (Å²) in [5, 5.41) is 7.86. The molecule has 1 amide bonds. The number of benzene rings is 1. The highest BCUT2D eigenvalue weighted by Gasteiger charge is 2.19. The van der Waals surface area contributed by atoms with E-state index >= 15 is 0 Å². The molecule has 0 spiro atoms. The molecule has 1 atom stereocenters. The van der Waals surface area contributed by atoms with Crippen LogP contribution in [-0.2, 0) is 0 Å². The Bertz CT molecular complexity index is 671. The molecule has 1 aliphatic rings. The Morgan fingerprint density at radius 3 is 2.88 bits per heavy atom. The highest BCUT2D eigenvalue weighted by molar-refractivity contribution is 5.92. The molecule has 0 saturated carbocycles. The molecule has 1 unspecified atom stereocenters. The Morgan fingerprint density at radius 1 is 1.35 bits per heavy atom. The Balaban J connectivity index is 0.00000243. The molecule has 1 fully saturated rings. The third kappa shape index (κ3) is 5.47. The molecule has 0 aliphatic carbocycles. The first kappa shape index (κ1) is 20.3. The lowest BCUT2D eigenvalue weighted by Crippen LogP contribution is -2.32. The van der Waals surface area contributed by atoms with E-state index in [0.717, 1.165) is 38.1 Å². The lowest BCUT2D eigenvalue weighted by Gasteiger charge is -2.23. The molecule has 1 N–H and O–H groups in total. The molecular weight excluding hydrogens is 352 g/mol. The van der Waals surface area contributed by atoms with Crippen molar-refractivity contribution < 1.29 is 9.53 Å². The van der Waals surface area contributed by atoms with Crippen molar-refractivity contribution in [2.45, 2.75) is 25.3 Å². The molecule has 0 radical (unpaired) electrons. The van der Waals surface area contributed by atoms with Crippen LogP contribution in [0.15, 0.2) is 42.6 Å². The van der Waals surface area contributed by atoms with Crippen LogP contribution in [0.25, 0.3) is 0 Å². The third-order valence-electron chi connectivity index (χ3n) is 4.47. The average Bonchev–Trinajstić information content (AvgIpc) is 3.16. The molecule has 6 nitrogen and oxygen atoms in total. The summed E-state index contributed by atoms with van der Waals surface area (Å²) in [6.45, 7) is 3.21. The van der Waals surface area contributed by atoms with Gasteiger partial charge in [-0.2, -0.15) is 5.10 Å². The van der Waals surface area contributed by atoms with Crippen LogP contribution in [0.2, 0.25) is 0 Å². The van der Waals surface area contributed by atoms with Crippen LogP contribution in [0.4, 0.5) is 0 Å². The second-order valence-electron chi connectivity index (χ2n) is 6.42. The average molecular weight is 379 g/mol. The zero-order valence-electron chi connectivity index (χ0n) is 15.1. The minimum atomic E-state index is -0.0396. The maximum Gasteiger partial charge on any atom is 0.274 e. The minimum Gasteiger partial charge on any atom is -0.494 e. The number of carbonyl (C=O) groups is 1. The summed E-state index contributed by atoms with van der Waals surface area (Å²) in [4.78, 5) is 14.2. The molecule has 142 valence electrons. The number of carbonyl (C=O) groups excluding carboxylic acids is 1. The number of aromatic nitrogens is 2. The zero-order chi connectivity index (χ0) is 17.5. The fourth-order valence-electron chi connectivity index (χ4n) is 3.02. The highest BCUT2D eigenvalue weighted by Crippen LogP contribution is 2.16. The van der Waals surface area contributed by atoms with Gasteiger partial charge in [-0.15, -0.1) is 12.4 Å². The van der Waals surface area contributed by atoms with Crippen LogP contribution < -0.4 is 10.1 Å². The number of halogens is 1. The molecule has 1 aromatic carbocycles. The van der Waals surface area contributed by atoms with E-state index in [9.17, 15) is 4.79 Å². The van der Waals surface area contributed by atoms with Gasteiger partial charge in [0.25, 0.3) is 5.91 Å². The van der Waals surface area contributed by atoms with E-state index in [1.165, 1.54) is 0 Å². The van der Waals surface area contributed by atoms with Crippen LogP contribution in [0.1, 0.15) is 35.8 Å². The molecule has 7 heteroatoms. The van der Waals surface area contributed by atoms with Gasteiger partial charge in [0.05, 0.1) is 12.6 Å². The smallest absolute Gasteiger partial charge is 0.274 e. The largest absolute Gasteiger partial charge is 0.494 e. The molecule has 1 aliphatic heterocycles. The number of nitrogens with zero attached hydrogens (tertiary/aromatic N) is 3. The van der Waals surface area contributed by atoms with Gasteiger partial charge >= 0.3 is 0 Å². The van der Waals surface area contributed by atoms with Gasteiger partial charge in [-0.05, 0) is 44.0 Å². The lowest BCUT2D eigenvalue weighted by molar-refractivity contribution is 0.0780. The van der Waals surface area contributed by atoms with Crippen LogP contribution in [0.5, 0.6) is 5.75 Å². The topological polar surface area (TPSA) is 59.4 Å². The number of ether oxygens (including phenoxy) is 1. The van der Waals surface area contributed by atoms with Crippen LogP contribution in [0, 0.1) is 0 Å². The van der Waals surface area contributed by atoms with Crippen molar-refractivity contribution in [3.63, 3.8) is 0 Å². The van der Waals surface area contributed by atoms with E-state index in [-0.39, 0.29) is 18.3 Å².